The quantitative estimate of drug-likeness (QED) is 0.872. The minimum Gasteiger partial charge on any atom is -0.387 e. The highest BCUT2D eigenvalue weighted by Gasteiger charge is 2.12. The van der Waals surface area contributed by atoms with Crippen LogP contribution in [0.2, 0.25) is 0 Å². The number of aromatic nitrogens is 3. The first kappa shape index (κ1) is 11.8. The smallest absolute Gasteiger partial charge is 0.0976 e. The fraction of sp³-hybridized carbons (Fsp3) is 0.385. The second-order valence-corrected chi connectivity index (χ2v) is 4.33. The Hall–Kier alpha value is -1.68. The van der Waals surface area contributed by atoms with Gasteiger partial charge in [-0.25, -0.2) is 4.68 Å². The normalized spacial score (nSPS) is 12.6. The summed E-state index contributed by atoms with van der Waals surface area (Å²) >= 11 is 0. The molecule has 2 rings (SSSR count). The van der Waals surface area contributed by atoms with Crippen molar-refractivity contribution in [1.29, 1.82) is 0 Å². The molecule has 1 atom stereocenters. The zero-order valence-corrected chi connectivity index (χ0v) is 10.2. The summed E-state index contributed by atoms with van der Waals surface area (Å²) in [5.41, 5.74) is 3.26. The summed E-state index contributed by atoms with van der Waals surface area (Å²) in [6, 6.07) is 8.35. The van der Waals surface area contributed by atoms with Crippen LogP contribution >= 0.6 is 0 Å². The highest BCUT2D eigenvalue weighted by molar-refractivity contribution is 5.22. The number of aliphatic hydroxyl groups excluding tert-OH is 1. The van der Waals surface area contributed by atoms with Crippen LogP contribution in [-0.4, -0.2) is 20.1 Å². The summed E-state index contributed by atoms with van der Waals surface area (Å²) in [6.07, 6.45) is 2.65. The number of aliphatic hydroxyl groups is 1. The zero-order valence-electron chi connectivity index (χ0n) is 10.2. The molecule has 1 aromatic heterocycles. The summed E-state index contributed by atoms with van der Waals surface area (Å²) in [6.45, 7) is 2.07. The Morgan fingerprint density at radius 2 is 2.24 bits per heavy atom. The predicted molar refractivity (Wildman–Crippen MR) is 65.5 cm³/mol. The number of hydrogen-bond donors (Lipinski definition) is 1. The fourth-order valence-corrected chi connectivity index (χ4v) is 1.92. The average Bonchev–Trinajstić information content (AvgIpc) is 2.72. The third-order valence-corrected chi connectivity index (χ3v) is 2.88. The van der Waals surface area contributed by atoms with Gasteiger partial charge in [0.25, 0.3) is 0 Å². The van der Waals surface area contributed by atoms with Crippen LogP contribution in [0.25, 0.3) is 0 Å². The van der Waals surface area contributed by atoms with E-state index in [9.17, 15) is 5.11 Å². The molecule has 0 radical (unpaired) electrons. The van der Waals surface area contributed by atoms with Gasteiger partial charge in [-0.15, -0.1) is 5.10 Å². The van der Waals surface area contributed by atoms with E-state index < -0.39 is 6.10 Å². The number of benzene rings is 1. The highest BCUT2D eigenvalue weighted by atomic mass is 16.3. The van der Waals surface area contributed by atoms with Crippen molar-refractivity contribution in [3.05, 3.63) is 47.3 Å². The van der Waals surface area contributed by atoms with Crippen LogP contribution in [0.3, 0.4) is 0 Å². The SMILES string of the molecule is Cc1cccc(CCC(O)c2cnnn2C)c1. The Bertz CT molecular complexity index is 493. The van der Waals surface area contributed by atoms with Crippen molar-refractivity contribution in [2.45, 2.75) is 25.9 Å². The van der Waals surface area contributed by atoms with Gasteiger partial charge >= 0.3 is 0 Å². The summed E-state index contributed by atoms with van der Waals surface area (Å²) in [5.74, 6) is 0. The van der Waals surface area contributed by atoms with Crippen LogP contribution < -0.4 is 0 Å². The number of hydrogen-bond acceptors (Lipinski definition) is 3. The molecular weight excluding hydrogens is 214 g/mol. The molecule has 0 amide bonds. The monoisotopic (exact) mass is 231 g/mol. The second-order valence-electron chi connectivity index (χ2n) is 4.33. The minimum absolute atomic E-state index is 0.504. The van der Waals surface area contributed by atoms with Crippen LogP contribution in [0.5, 0.6) is 0 Å². The molecule has 0 aliphatic rings. The van der Waals surface area contributed by atoms with Crippen LogP contribution in [0, 0.1) is 6.92 Å². The van der Waals surface area contributed by atoms with Crippen LogP contribution in [-0.2, 0) is 13.5 Å². The van der Waals surface area contributed by atoms with Gasteiger partial charge in [-0.1, -0.05) is 35.0 Å². The van der Waals surface area contributed by atoms with Crippen LogP contribution in [0.15, 0.2) is 30.5 Å². The van der Waals surface area contributed by atoms with Gasteiger partial charge in [-0.05, 0) is 25.3 Å². The lowest BCUT2D eigenvalue weighted by Crippen LogP contribution is -2.06. The first-order valence-electron chi connectivity index (χ1n) is 5.75. The van der Waals surface area contributed by atoms with E-state index >= 15 is 0 Å². The summed E-state index contributed by atoms with van der Waals surface area (Å²) in [5, 5.41) is 17.6. The van der Waals surface area contributed by atoms with Gasteiger partial charge < -0.3 is 5.11 Å². The molecule has 1 heterocycles. The Balaban J connectivity index is 1.97. The van der Waals surface area contributed by atoms with E-state index in [0.29, 0.717) is 6.42 Å². The molecule has 1 aromatic carbocycles. The van der Waals surface area contributed by atoms with Crippen molar-refractivity contribution in [1.82, 2.24) is 15.0 Å². The molecule has 2 aromatic rings. The topological polar surface area (TPSA) is 50.9 Å². The van der Waals surface area contributed by atoms with Crippen molar-refractivity contribution in [2.24, 2.45) is 7.05 Å². The first-order chi connectivity index (χ1) is 8.16. The maximum Gasteiger partial charge on any atom is 0.0976 e. The largest absolute Gasteiger partial charge is 0.387 e. The Kier molecular flexibility index (Phi) is 3.54. The van der Waals surface area contributed by atoms with E-state index in [0.717, 1.165) is 12.1 Å². The van der Waals surface area contributed by atoms with E-state index in [4.69, 9.17) is 0 Å². The first-order valence-corrected chi connectivity index (χ1v) is 5.75. The molecule has 1 unspecified atom stereocenters. The third-order valence-electron chi connectivity index (χ3n) is 2.88. The minimum atomic E-state index is -0.504. The molecule has 0 bridgehead atoms. The van der Waals surface area contributed by atoms with Gasteiger partial charge in [0.2, 0.25) is 0 Å². The van der Waals surface area contributed by atoms with Gasteiger partial charge in [-0.3, -0.25) is 0 Å². The summed E-state index contributed by atoms with van der Waals surface area (Å²) in [4.78, 5) is 0. The molecule has 4 heteroatoms. The molecule has 0 saturated carbocycles. The Morgan fingerprint density at radius 3 is 2.88 bits per heavy atom. The lowest BCUT2D eigenvalue weighted by molar-refractivity contribution is 0.158. The summed E-state index contributed by atoms with van der Waals surface area (Å²) in [7, 11) is 1.79. The predicted octanol–water partition coefficient (Wildman–Crippen LogP) is 1.79. The van der Waals surface area contributed by atoms with Crippen molar-refractivity contribution < 1.29 is 5.11 Å². The van der Waals surface area contributed by atoms with Gasteiger partial charge in [0.05, 0.1) is 18.0 Å². The number of nitrogens with zero attached hydrogens (tertiary/aromatic N) is 3. The lowest BCUT2D eigenvalue weighted by Gasteiger charge is -2.10. The van der Waals surface area contributed by atoms with Gasteiger partial charge in [0, 0.05) is 7.05 Å². The molecule has 90 valence electrons. The van der Waals surface area contributed by atoms with E-state index in [1.165, 1.54) is 11.1 Å². The van der Waals surface area contributed by atoms with Crippen molar-refractivity contribution in [3.63, 3.8) is 0 Å². The number of rotatable bonds is 4. The fourth-order valence-electron chi connectivity index (χ4n) is 1.92. The molecule has 4 nitrogen and oxygen atoms in total. The zero-order chi connectivity index (χ0) is 12.3. The van der Waals surface area contributed by atoms with Crippen molar-refractivity contribution in [2.75, 3.05) is 0 Å². The van der Waals surface area contributed by atoms with Gasteiger partial charge in [0.1, 0.15) is 0 Å². The summed E-state index contributed by atoms with van der Waals surface area (Å²) < 4.78 is 1.61. The number of aryl methyl sites for hydroxylation is 3. The van der Waals surface area contributed by atoms with E-state index in [1.54, 1.807) is 17.9 Å². The molecule has 1 N–H and O–H groups in total. The standard InChI is InChI=1S/C13H17N3O/c1-10-4-3-5-11(8-10)6-7-13(17)12-9-14-15-16(12)2/h3-5,8-9,13,17H,6-7H2,1-2H3. The molecule has 0 aliphatic heterocycles. The van der Waals surface area contributed by atoms with Crippen molar-refractivity contribution >= 4 is 0 Å². The molecule has 0 fully saturated rings. The molecule has 17 heavy (non-hydrogen) atoms. The maximum atomic E-state index is 10.0. The third kappa shape index (κ3) is 2.91. The molecule has 0 spiro atoms. The van der Waals surface area contributed by atoms with E-state index in [1.807, 2.05) is 6.07 Å². The van der Waals surface area contributed by atoms with Crippen LogP contribution in [0.4, 0.5) is 0 Å². The van der Waals surface area contributed by atoms with Crippen LogP contribution in [0.1, 0.15) is 29.3 Å². The Labute approximate surface area is 101 Å². The average molecular weight is 231 g/mol. The second kappa shape index (κ2) is 5.10. The van der Waals surface area contributed by atoms with E-state index in [2.05, 4.69) is 35.4 Å². The highest BCUT2D eigenvalue weighted by Crippen LogP contribution is 2.17. The Morgan fingerprint density at radius 1 is 1.41 bits per heavy atom. The van der Waals surface area contributed by atoms with E-state index in [-0.39, 0.29) is 0 Å². The maximum absolute atomic E-state index is 10.0. The van der Waals surface area contributed by atoms with Crippen molar-refractivity contribution in [3.8, 4) is 0 Å². The molecule has 0 aliphatic carbocycles. The molecule has 0 saturated heterocycles. The molecular formula is C13H17N3O. The van der Waals surface area contributed by atoms with Gasteiger partial charge in [-0.2, -0.15) is 0 Å². The van der Waals surface area contributed by atoms with Gasteiger partial charge in [0.15, 0.2) is 0 Å². The lowest BCUT2D eigenvalue weighted by atomic mass is 10.0.